The molecule has 8 atom stereocenters. The number of hydrogen-bond acceptors (Lipinski definition) is 2. The van der Waals surface area contributed by atoms with Crippen LogP contribution in [-0.4, -0.2) is 18.9 Å². The van der Waals surface area contributed by atoms with E-state index in [1.165, 1.54) is 44.9 Å². The van der Waals surface area contributed by atoms with Crippen LogP contribution >= 0.6 is 0 Å². The maximum Gasteiger partial charge on any atom is 0.161 e. The molecule has 0 aromatic rings. The Kier molecular flexibility index (Phi) is 3.47. The average Bonchev–Trinajstić information content (AvgIpc) is 3.21. The monoisotopic (exact) mass is 369 g/mol. The van der Waals surface area contributed by atoms with E-state index in [1.54, 1.807) is 0 Å². The Morgan fingerprint density at radius 2 is 1.70 bits per heavy atom. The average molecular weight is 370 g/mol. The first-order valence-electron chi connectivity index (χ1n) is 11.5. The molecule has 2 heteroatoms. The van der Waals surface area contributed by atoms with Crippen LogP contribution in [0.3, 0.4) is 0 Å². The molecule has 1 N–H and O–H groups in total. The van der Waals surface area contributed by atoms with E-state index < -0.39 is 0 Å². The number of rotatable bonds is 2. The van der Waals surface area contributed by atoms with Crippen molar-refractivity contribution in [2.24, 2.45) is 44.8 Å². The second-order valence-corrected chi connectivity index (χ2v) is 12.0. The number of ketones is 1. The molecule has 4 fully saturated rings. The van der Waals surface area contributed by atoms with Gasteiger partial charge in [-0.15, -0.1) is 0 Å². The van der Waals surface area contributed by atoms with Gasteiger partial charge in [0.25, 0.3) is 0 Å². The van der Waals surface area contributed by atoms with Crippen LogP contribution in [0.4, 0.5) is 0 Å². The first-order chi connectivity index (χ1) is 12.6. The van der Waals surface area contributed by atoms with Crippen LogP contribution in [0.1, 0.15) is 79.6 Å². The van der Waals surface area contributed by atoms with E-state index in [2.05, 4.69) is 53.1 Å². The number of fused-ring (bicyclic) bond motifs is 2. The smallest absolute Gasteiger partial charge is 0.161 e. The molecule has 0 amide bonds. The van der Waals surface area contributed by atoms with Crippen LogP contribution in [0.15, 0.2) is 12.2 Å². The minimum absolute atomic E-state index is 0.163. The third kappa shape index (κ3) is 1.82. The van der Waals surface area contributed by atoms with Gasteiger partial charge in [0, 0.05) is 11.5 Å². The minimum atomic E-state index is -0.163. The highest BCUT2D eigenvalue weighted by molar-refractivity contribution is 5.96. The van der Waals surface area contributed by atoms with Gasteiger partial charge in [-0.2, -0.15) is 0 Å². The molecule has 0 bridgehead atoms. The van der Waals surface area contributed by atoms with Gasteiger partial charge < -0.3 is 5.32 Å². The molecule has 5 aliphatic rings. The summed E-state index contributed by atoms with van der Waals surface area (Å²) in [5.41, 5.74) is 1.60. The molecular weight excluding hydrogens is 330 g/mol. The first kappa shape index (κ1) is 18.4. The van der Waals surface area contributed by atoms with Gasteiger partial charge in [-0.3, -0.25) is 4.79 Å². The number of hydrogen-bond donors (Lipinski definition) is 1. The predicted molar refractivity (Wildman–Crippen MR) is 110 cm³/mol. The topological polar surface area (TPSA) is 29.1 Å². The standard InChI is InChI=1S/C25H39NO/c1-16(26-6)17-9-11-23(5)19-8-7-18-21(2,3)20(27)10-12-24(18)15-25(19,24)14-13-22(17,23)4/h10,12,16-19,26H,7-9,11,13-15H2,1-6H3. The van der Waals surface area contributed by atoms with Gasteiger partial charge in [0.05, 0.1) is 0 Å². The molecule has 8 unspecified atom stereocenters. The Morgan fingerprint density at radius 3 is 2.41 bits per heavy atom. The summed E-state index contributed by atoms with van der Waals surface area (Å²) in [5.74, 6) is 2.59. The van der Waals surface area contributed by atoms with Crippen molar-refractivity contribution in [3.8, 4) is 0 Å². The summed E-state index contributed by atoms with van der Waals surface area (Å²) in [4.78, 5) is 12.6. The van der Waals surface area contributed by atoms with Crippen LogP contribution in [-0.2, 0) is 4.79 Å². The van der Waals surface area contributed by atoms with Gasteiger partial charge in [0.1, 0.15) is 0 Å². The van der Waals surface area contributed by atoms with Crippen LogP contribution in [0.25, 0.3) is 0 Å². The third-order valence-electron chi connectivity index (χ3n) is 11.5. The van der Waals surface area contributed by atoms with Crippen LogP contribution in [0.2, 0.25) is 0 Å². The highest BCUT2D eigenvalue weighted by Gasteiger charge is 2.81. The summed E-state index contributed by atoms with van der Waals surface area (Å²) in [5, 5.41) is 3.59. The quantitative estimate of drug-likeness (QED) is 0.708. The van der Waals surface area contributed by atoms with Gasteiger partial charge >= 0.3 is 0 Å². The Labute approximate surface area is 165 Å². The number of allylic oxidation sites excluding steroid dienone is 2. The summed E-state index contributed by atoms with van der Waals surface area (Å²) in [6, 6.07) is 0.613. The zero-order valence-corrected chi connectivity index (χ0v) is 18.3. The summed E-state index contributed by atoms with van der Waals surface area (Å²) in [7, 11) is 2.14. The molecule has 150 valence electrons. The fourth-order valence-corrected chi connectivity index (χ4v) is 9.66. The molecule has 2 spiro atoms. The molecule has 4 saturated carbocycles. The van der Waals surface area contributed by atoms with Crippen LogP contribution in [0, 0.1) is 44.8 Å². The lowest BCUT2D eigenvalue weighted by atomic mass is 9.42. The van der Waals surface area contributed by atoms with E-state index in [-0.39, 0.29) is 5.41 Å². The predicted octanol–water partition coefficient (Wildman–Crippen LogP) is 5.38. The summed E-state index contributed by atoms with van der Waals surface area (Å²) in [6.45, 7) is 12.2. The maximum atomic E-state index is 12.6. The Hall–Kier alpha value is -0.630. The zero-order chi connectivity index (χ0) is 19.5. The van der Waals surface area contributed by atoms with Crippen molar-refractivity contribution in [3.63, 3.8) is 0 Å². The molecule has 5 rings (SSSR count). The summed E-state index contributed by atoms with van der Waals surface area (Å²) in [6.07, 6.45) is 13.9. The fourth-order valence-electron chi connectivity index (χ4n) is 9.66. The summed E-state index contributed by atoms with van der Waals surface area (Å²) >= 11 is 0. The van der Waals surface area contributed by atoms with Crippen LogP contribution < -0.4 is 5.32 Å². The second-order valence-electron chi connectivity index (χ2n) is 12.0. The Morgan fingerprint density at radius 1 is 1.00 bits per heavy atom. The lowest BCUT2D eigenvalue weighted by Crippen LogP contribution is -2.57. The number of nitrogens with one attached hydrogen (secondary N) is 1. The van der Waals surface area contributed by atoms with E-state index in [0.29, 0.717) is 39.4 Å². The van der Waals surface area contributed by atoms with Crippen molar-refractivity contribution < 1.29 is 4.79 Å². The molecule has 27 heavy (non-hydrogen) atoms. The van der Waals surface area contributed by atoms with Gasteiger partial charge in [-0.1, -0.05) is 33.8 Å². The van der Waals surface area contributed by atoms with E-state index in [0.717, 1.165) is 11.8 Å². The van der Waals surface area contributed by atoms with Gasteiger partial charge in [0.15, 0.2) is 5.78 Å². The molecule has 2 nitrogen and oxygen atoms in total. The molecule has 5 aliphatic carbocycles. The molecule has 0 aliphatic heterocycles. The first-order valence-corrected chi connectivity index (χ1v) is 11.5. The largest absolute Gasteiger partial charge is 0.317 e. The van der Waals surface area contributed by atoms with E-state index >= 15 is 0 Å². The van der Waals surface area contributed by atoms with E-state index in [1.807, 2.05) is 6.08 Å². The van der Waals surface area contributed by atoms with Crippen molar-refractivity contribution in [2.75, 3.05) is 7.05 Å². The maximum absolute atomic E-state index is 12.6. The second kappa shape index (κ2) is 5.10. The van der Waals surface area contributed by atoms with Crippen LogP contribution in [0.5, 0.6) is 0 Å². The lowest BCUT2D eigenvalue weighted by molar-refractivity contribution is -0.140. The lowest BCUT2D eigenvalue weighted by Gasteiger charge is -2.62. The third-order valence-corrected chi connectivity index (χ3v) is 11.5. The van der Waals surface area contributed by atoms with E-state index in [9.17, 15) is 4.79 Å². The van der Waals surface area contributed by atoms with Gasteiger partial charge in [0.2, 0.25) is 0 Å². The minimum Gasteiger partial charge on any atom is -0.317 e. The number of carbonyl (C=O) groups is 1. The Balaban J connectivity index is 1.55. The zero-order valence-electron chi connectivity index (χ0n) is 18.3. The fraction of sp³-hybridized carbons (Fsp3) is 0.880. The molecule has 0 radical (unpaired) electrons. The number of carbonyl (C=O) groups excluding carboxylic acids is 1. The van der Waals surface area contributed by atoms with Crippen molar-refractivity contribution in [1.82, 2.24) is 5.32 Å². The molecule has 0 aromatic heterocycles. The van der Waals surface area contributed by atoms with Crippen molar-refractivity contribution in [2.45, 2.75) is 85.6 Å². The highest BCUT2D eigenvalue weighted by Crippen LogP contribution is 2.87. The van der Waals surface area contributed by atoms with Crippen molar-refractivity contribution in [1.29, 1.82) is 0 Å². The normalized spacial score (nSPS) is 55.9. The molecule has 0 aromatic carbocycles. The molecular formula is C25H39NO. The van der Waals surface area contributed by atoms with Gasteiger partial charge in [-0.05, 0) is 104 Å². The molecule has 0 saturated heterocycles. The van der Waals surface area contributed by atoms with E-state index in [4.69, 9.17) is 0 Å². The van der Waals surface area contributed by atoms with Crippen molar-refractivity contribution >= 4 is 5.78 Å². The van der Waals surface area contributed by atoms with Gasteiger partial charge in [-0.25, -0.2) is 0 Å². The Bertz CT molecular complexity index is 724. The SMILES string of the molecule is CNC(C)C1CCC2(C)C3CCC4C(C)(C)C(=O)C=CC45CC35CCC12C. The highest BCUT2D eigenvalue weighted by atomic mass is 16.1. The summed E-state index contributed by atoms with van der Waals surface area (Å²) < 4.78 is 0. The molecule has 0 heterocycles. The van der Waals surface area contributed by atoms with Crippen molar-refractivity contribution in [3.05, 3.63) is 12.2 Å².